The number of ether oxygens (including phenoxy) is 1. The van der Waals surface area contributed by atoms with Crippen molar-refractivity contribution in [2.24, 2.45) is 0 Å². The van der Waals surface area contributed by atoms with Crippen LogP contribution in [0.3, 0.4) is 0 Å². The van der Waals surface area contributed by atoms with Crippen molar-refractivity contribution in [3.8, 4) is 0 Å². The van der Waals surface area contributed by atoms with E-state index in [1.165, 1.54) is 0 Å². The smallest absolute Gasteiger partial charge is 0.253 e. The van der Waals surface area contributed by atoms with E-state index in [-0.39, 0.29) is 17.7 Å². The van der Waals surface area contributed by atoms with Crippen LogP contribution in [0.5, 0.6) is 0 Å². The highest BCUT2D eigenvalue weighted by Gasteiger charge is 2.23. The first-order valence-corrected chi connectivity index (χ1v) is 9.74. The quantitative estimate of drug-likeness (QED) is 0.671. The van der Waals surface area contributed by atoms with Crippen LogP contribution < -0.4 is 16.0 Å². The number of nitrogens with one attached hydrogen (secondary N) is 3. The molecule has 3 rings (SSSR count). The maximum atomic E-state index is 12.5. The Labute approximate surface area is 169 Å². The first kappa shape index (κ1) is 20.5. The normalized spacial score (nSPS) is 15.6. The molecular formula is C22H25N3O4. The lowest BCUT2D eigenvalue weighted by Crippen LogP contribution is -2.27. The van der Waals surface area contributed by atoms with Gasteiger partial charge in [-0.2, -0.15) is 0 Å². The fourth-order valence-corrected chi connectivity index (χ4v) is 3.11. The molecule has 0 unspecified atom stereocenters. The molecule has 1 saturated heterocycles. The van der Waals surface area contributed by atoms with Crippen LogP contribution in [0, 0.1) is 0 Å². The van der Waals surface area contributed by atoms with Gasteiger partial charge in [0.15, 0.2) is 0 Å². The van der Waals surface area contributed by atoms with Crippen molar-refractivity contribution in [2.45, 2.75) is 32.4 Å². The average molecular weight is 395 g/mol. The largest absolute Gasteiger partial charge is 0.368 e. The molecule has 1 fully saturated rings. The first-order chi connectivity index (χ1) is 14.1. The van der Waals surface area contributed by atoms with Gasteiger partial charge in [-0.3, -0.25) is 14.4 Å². The van der Waals surface area contributed by atoms with Gasteiger partial charge in [0.1, 0.15) is 6.10 Å². The fourth-order valence-electron chi connectivity index (χ4n) is 3.11. The summed E-state index contributed by atoms with van der Waals surface area (Å²) in [7, 11) is 0. The molecule has 3 N–H and O–H groups in total. The first-order valence-electron chi connectivity index (χ1n) is 9.74. The lowest BCUT2D eigenvalue weighted by molar-refractivity contribution is -0.124. The van der Waals surface area contributed by atoms with Gasteiger partial charge < -0.3 is 20.7 Å². The second-order valence-corrected chi connectivity index (χ2v) is 6.81. The number of anilines is 1. The Morgan fingerprint density at radius 1 is 1.00 bits per heavy atom. The molecule has 1 heterocycles. The molecule has 0 saturated carbocycles. The summed E-state index contributed by atoms with van der Waals surface area (Å²) in [5, 5.41) is 8.39. The van der Waals surface area contributed by atoms with E-state index in [0.29, 0.717) is 42.9 Å². The number of carbonyl (C=O) groups excluding carboxylic acids is 3. The second-order valence-electron chi connectivity index (χ2n) is 6.81. The molecule has 152 valence electrons. The van der Waals surface area contributed by atoms with Crippen molar-refractivity contribution in [2.75, 3.05) is 18.5 Å². The number of benzene rings is 2. The molecule has 0 aliphatic carbocycles. The van der Waals surface area contributed by atoms with Crippen LogP contribution in [0.2, 0.25) is 0 Å². The fraction of sp³-hybridized carbons (Fsp3) is 0.318. The Morgan fingerprint density at radius 2 is 1.72 bits per heavy atom. The molecule has 3 amide bonds. The average Bonchev–Trinajstić information content (AvgIpc) is 3.28. The van der Waals surface area contributed by atoms with Gasteiger partial charge in [-0.05, 0) is 55.7 Å². The highest BCUT2D eigenvalue weighted by atomic mass is 16.5. The van der Waals surface area contributed by atoms with E-state index < -0.39 is 6.10 Å². The predicted molar refractivity (Wildman–Crippen MR) is 110 cm³/mol. The van der Waals surface area contributed by atoms with Crippen LogP contribution >= 0.6 is 0 Å². The summed E-state index contributed by atoms with van der Waals surface area (Å²) in [5.41, 5.74) is 2.37. The van der Waals surface area contributed by atoms with E-state index in [2.05, 4.69) is 16.0 Å². The van der Waals surface area contributed by atoms with Crippen LogP contribution in [0.4, 0.5) is 5.69 Å². The third-order valence-corrected chi connectivity index (χ3v) is 4.59. The minimum atomic E-state index is -0.426. The number of hydrogen-bond donors (Lipinski definition) is 3. The van der Waals surface area contributed by atoms with Crippen LogP contribution in [-0.2, 0) is 16.1 Å². The molecule has 1 aliphatic heterocycles. The Balaban J connectivity index is 1.59. The van der Waals surface area contributed by atoms with E-state index in [0.717, 1.165) is 12.0 Å². The molecule has 0 bridgehead atoms. The summed E-state index contributed by atoms with van der Waals surface area (Å²) in [4.78, 5) is 36.6. The lowest BCUT2D eigenvalue weighted by atomic mass is 10.1. The molecule has 1 atom stereocenters. The Hall–Kier alpha value is -3.19. The monoisotopic (exact) mass is 395 g/mol. The van der Waals surface area contributed by atoms with Gasteiger partial charge in [0.05, 0.1) is 0 Å². The highest BCUT2D eigenvalue weighted by Crippen LogP contribution is 2.16. The summed E-state index contributed by atoms with van der Waals surface area (Å²) in [5.74, 6) is -0.598. The molecular weight excluding hydrogens is 370 g/mol. The van der Waals surface area contributed by atoms with Gasteiger partial charge in [-0.25, -0.2) is 0 Å². The van der Waals surface area contributed by atoms with Crippen LogP contribution in [0.25, 0.3) is 0 Å². The Bertz CT molecular complexity index is 891. The van der Waals surface area contributed by atoms with E-state index in [4.69, 9.17) is 4.74 Å². The van der Waals surface area contributed by atoms with Gasteiger partial charge in [-0.1, -0.05) is 18.2 Å². The topological polar surface area (TPSA) is 96.5 Å². The summed E-state index contributed by atoms with van der Waals surface area (Å²) in [6.07, 6.45) is 1.16. The molecule has 29 heavy (non-hydrogen) atoms. The standard InChI is InChI=1S/C22H25N3O4/c1-2-23-20(26)16-7-3-6-15(12-16)14-24-21(27)17-8-4-9-18(13-17)25-22(28)19-10-5-11-29-19/h3-4,6-9,12-13,19H,2,5,10-11,14H2,1H3,(H,23,26)(H,24,27)(H,25,28)/t19-/m1/s1. The zero-order chi connectivity index (χ0) is 20.6. The third kappa shape index (κ3) is 5.65. The van der Waals surface area contributed by atoms with Gasteiger partial charge in [-0.15, -0.1) is 0 Å². The second kappa shape index (κ2) is 9.84. The van der Waals surface area contributed by atoms with Gasteiger partial charge >= 0.3 is 0 Å². The zero-order valence-electron chi connectivity index (χ0n) is 16.4. The van der Waals surface area contributed by atoms with E-state index in [1.807, 2.05) is 13.0 Å². The van der Waals surface area contributed by atoms with Crippen molar-refractivity contribution < 1.29 is 19.1 Å². The van der Waals surface area contributed by atoms with E-state index >= 15 is 0 Å². The number of amides is 3. The van der Waals surface area contributed by atoms with Gasteiger partial charge in [0, 0.05) is 36.5 Å². The SMILES string of the molecule is CCNC(=O)c1cccc(CNC(=O)c2cccc(NC(=O)[C@H]3CCCO3)c2)c1. The molecule has 2 aromatic carbocycles. The van der Waals surface area contributed by atoms with Crippen molar-refractivity contribution in [1.29, 1.82) is 0 Å². The number of hydrogen-bond acceptors (Lipinski definition) is 4. The van der Waals surface area contributed by atoms with Crippen molar-refractivity contribution in [3.63, 3.8) is 0 Å². The Morgan fingerprint density at radius 3 is 2.45 bits per heavy atom. The lowest BCUT2D eigenvalue weighted by Gasteiger charge is -2.12. The maximum absolute atomic E-state index is 12.5. The van der Waals surface area contributed by atoms with Crippen molar-refractivity contribution in [3.05, 3.63) is 65.2 Å². The zero-order valence-corrected chi connectivity index (χ0v) is 16.4. The van der Waals surface area contributed by atoms with E-state index in [1.54, 1.807) is 42.5 Å². The van der Waals surface area contributed by atoms with Gasteiger partial charge in [0.25, 0.3) is 17.7 Å². The van der Waals surface area contributed by atoms with Crippen molar-refractivity contribution in [1.82, 2.24) is 10.6 Å². The minimum absolute atomic E-state index is 0.143. The van der Waals surface area contributed by atoms with Crippen LogP contribution in [-0.4, -0.2) is 37.0 Å². The molecule has 7 nitrogen and oxygen atoms in total. The molecule has 2 aromatic rings. The molecule has 7 heteroatoms. The van der Waals surface area contributed by atoms with Crippen molar-refractivity contribution >= 4 is 23.4 Å². The van der Waals surface area contributed by atoms with Crippen LogP contribution in [0.15, 0.2) is 48.5 Å². The number of rotatable bonds is 7. The Kier molecular flexibility index (Phi) is 6.97. The third-order valence-electron chi connectivity index (χ3n) is 4.59. The molecule has 1 aliphatic rings. The molecule has 0 radical (unpaired) electrons. The van der Waals surface area contributed by atoms with Gasteiger partial charge in [0.2, 0.25) is 0 Å². The minimum Gasteiger partial charge on any atom is -0.368 e. The summed E-state index contributed by atoms with van der Waals surface area (Å²) >= 11 is 0. The predicted octanol–water partition coefficient (Wildman–Crippen LogP) is 2.48. The molecule has 0 spiro atoms. The summed E-state index contributed by atoms with van der Waals surface area (Å²) < 4.78 is 5.37. The van der Waals surface area contributed by atoms with Crippen LogP contribution in [0.1, 0.15) is 46.0 Å². The maximum Gasteiger partial charge on any atom is 0.253 e. The summed E-state index contributed by atoms with van der Waals surface area (Å²) in [6, 6.07) is 13.9. The highest BCUT2D eigenvalue weighted by molar-refractivity contribution is 5.98. The summed E-state index contributed by atoms with van der Waals surface area (Å²) in [6.45, 7) is 3.30. The van der Waals surface area contributed by atoms with E-state index in [9.17, 15) is 14.4 Å². The number of carbonyl (C=O) groups is 3. The molecule has 0 aromatic heterocycles.